The minimum Gasteiger partial charge on any atom is -0.382 e. The van der Waals surface area contributed by atoms with E-state index in [1.807, 2.05) is 13.8 Å². The zero-order chi connectivity index (χ0) is 7.28. The third kappa shape index (κ3) is 3.99. The highest BCUT2D eigenvalue weighted by molar-refractivity contribution is 4.79. The number of nitriles is 1. The molecule has 0 bridgehead atoms. The van der Waals surface area contributed by atoms with Gasteiger partial charge in [0.15, 0.2) is 0 Å². The van der Waals surface area contributed by atoms with Crippen LogP contribution in [0.25, 0.3) is 0 Å². The number of ether oxygens (including phenoxy) is 1. The van der Waals surface area contributed by atoms with E-state index in [0.717, 1.165) is 6.42 Å². The van der Waals surface area contributed by atoms with Gasteiger partial charge in [-0.15, -0.1) is 0 Å². The fraction of sp³-hybridized carbons (Fsp3) is 0.857. The Morgan fingerprint density at radius 1 is 1.56 bits per heavy atom. The highest BCUT2D eigenvalue weighted by Crippen LogP contribution is 2.05. The van der Waals surface area contributed by atoms with Crippen LogP contribution in [0.15, 0.2) is 0 Å². The van der Waals surface area contributed by atoms with Crippen LogP contribution in [0, 0.1) is 17.2 Å². The molecule has 0 N–H and O–H groups in total. The van der Waals surface area contributed by atoms with Gasteiger partial charge in [0.25, 0.3) is 0 Å². The van der Waals surface area contributed by atoms with Crippen molar-refractivity contribution < 1.29 is 4.74 Å². The quantitative estimate of drug-likeness (QED) is 0.576. The molecule has 9 heavy (non-hydrogen) atoms. The minimum atomic E-state index is 0.111. The molecule has 0 aromatic rings. The molecule has 2 nitrogen and oxygen atoms in total. The first-order chi connectivity index (χ1) is 4.20. The van der Waals surface area contributed by atoms with Crippen molar-refractivity contribution in [2.75, 3.05) is 7.11 Å². The summed E-state index contributed by atoms with van der Waals surface area (Å²) in [5.74, 6) is 0.111. The molecule has 0 spiro atoms. The van der Waals surface area contributed by atoms with Gasteiger partial charge in [-0.1, -0.05) is 0 Å². The fourth-order valence-electron chi connectivity index (χ4n) is 0.647. The van der Waals surface area contributed by atoms with Crippen molar-refractivity contribution >= 4 is 0 Å². The summed E-state index contributed by atoms with van der Waals surface area (Å²) in [5.41, 5.74) is 0. The van der Waals surface area contributed by atoms with Gasteiger partial charge in [-0.2, -0.15) is 5.26 Å². The Morgan fingerprint density at radius 3 is 2.44 bits per heavy atom. The van der Waals surface area contributed by atoms with Crippen molar-refractivity contribution in [3.05, 3.63) is 0 Å². The summed E-state index contributed by atoms with van der Waals surface area (Å²) >= 11 is 0. The Labute approximate surface area is 56.4 Å². The van der Waals surface area contributed by atoms with E-state index < -0.39 is 0 Å². The van der Waals surface area contributed by atoms with Gasteiger partial charge < -0.3 is 4.74 Å². The second-order valence-corrected chi connectivity index (χ2v) is 2.31. The highest BCUT2D eigenvalue weighted by Gasteiger charge is 2.04. The van der Waals surface area contributed by atoms with Crippen LogP contribution in [-0.4, -0.2) is 13.2 Å². The zero-order valence-corrected chi connectivity index (χ0v) is 6.22. The lowest BCUT2D eigenvalue weighted by Gasteiger charge is -2.08. The molecule has 2 atom stereocenters. The Hall–Kier alpha value is -0.550. The van der Waals surface area contributed by atoms with E-state index >= 15 is 0 Å². The summed E-state index contributed by atoms with van der Waals surface area (Å²) < 4.78 is 4.97. The molecule has 0 aromatic heterocycles. The van der Waals surface area contributed by atoms with E-state index in [-0.39, 0.29) is 12.0 Å². The molecule has 52 valence electrons. The van der Waals surface area contributed by atoms with E-state index in [4.69, 9.17) is 10.00 Å². The molecule has 0 saturated carbocycles. The summed E-state index contributed by atoms with van der Waals surface area (Å²) in [6, 6.07) is 2.15. The predicted molar refractivity (Wildman–Crippen MR) is 35.9 cm³/mol. The monoisotopic (exact) mass is 127 g/mol. The average molecular weight is 127 g/mol. The Bertz CT molecular complexity index is 106. The summed E-state index contributed by atoms with van der Waals surface area (Å²) in [6.45, 7) is 3.86. The number of rotatable bonds is 3. The molecule has 0 aliphatic rings. The molecule has 0 rings (SSSR count). The van der Waals surface area contributed by atoms with Crippen LogP contribution in [-0.2, 0) is 4.74 Å². The van der Waals surface area contributed by atoms with Crippen LogP contribution in [0.1, 0.15) is 20.3 Å². The van der Waals surface area contributed by atoms with Crippen molar-refractivity contribution in [2.24, 2.45) is 5.92 Å². The molecule has 2 heteroatoms. The van der Waals surface area contributed by atoms with Crippen LogP contribution >= 0.6 is 0 Å². The van der Waals surface area contributed by atoms with E-state index in [1.165, 1.54) is 0 Å². The molecule has 0 aromatic carbocycles. The van der Waals surface area contributed by atoms with E-state index in [1.54, 1.807) is 7.11 Å². The average Bonchev–Trinajstić information content (AvgIpc) is 1.87. The van der Waals surface area contributed by atoms with E-state index in [0.29, 0.717) is 0 Å². The third-order valence-electron chi connectivity index (χ3n) is 1.31. The molecule has 0 aliphatic carbocycles. The van der Waals surface area contributed by atoms with Crippen LogP contribution in [0.3, 0.4) is 0 Å². The summed E-state index contributed by atoms with van der Waals surface area (Å²) in [5, 5.41) is 8.37. The summed E-state index contributed by atoms with van der Waals surface area (Å²) in [7, 11) is 1.66. The van der Waals surface area contributed by atoms with Gasteiger partial charge in [-0.3, -0.25) is 0 Å². The molecule has 0 radical (unpaired) electrons. The van der Waals surface area contributed by atoms with Crippen LogP contribution in [0.5, 0.6) is 0 Å². The molecule has 0 heterocycles. The molecular formula is C7H13NO. The van der Waals surface area contributed by atoms with Crippen LogP contribution in [0.4, 0.5) is 0 Å². The van der Waals surface area contributed by atoms with Crippen molar-refractivity contribution in [3.8, 4) is 6.07 Å². The van der Waals surface area contributed by atoms with Gasteiger partial charge >= 0.3 is 0 Å². The SMILES string of the molecule is COC(C)CC(C)C#N. The molecule has 2 unspecified atom stereocenters. The van der Waals surface area contributed by atoms with Crippen molar-refractivity contribution in [1.29, 1.82) is 5.26 Å². The number of hydrogen-bond acceptors (Lipinski definition) is 2. The summed E-state index contributed by atoms with van der Waals surface area (Å²) in [6.07, 6.45) is 1.03. The number of hydrogen-bond donors (Lipinski definition) is 0. The smallest absolute Gasteiger partial charge is 0.0653 e. The molecule has 0 fully saturated rings. The molecule has 0 saturated heterocycles. The molecule has 0 aliphatic heterocycles. The first kappa shape index (κ1) is 8.45. The summed E-state index contributed by atoms with van der Waals surface area (Å²) in [4.78, 5) is 0. The second kappa shape index (κ2) is 4.34. The maximum absolute atomic E-state index is 8.37. The van der Waals surface area contributed by atoms with Crippen molar-refractivity contribution in [1.82, 2.24) is 0 Å². The lowest BCUT2D eigenvalue weighted by Crippen LogP contribution is -2.08. The fourth-order valence-corrected chi connectivity index (χ4v) is 0.647. The first-order valence-electron chi connectivity index (χ1n) is 3.13. The standard InChI is InChI=1S/C7H13NO/c1-6(5-8)4-7(2)9-3/h6-7H,4H2,1-3H3. The van der Waals surface area contributed by atoms with Gasteiger partial charge in [0, 0.05) is 13.0 Å². The Balaban J connectivity index is 3.37. The van der Waals surface area contributed by atoms with Crippen LogP contribution in [0.2, 0.25) is 0 Å². The second-order valence-electron chi connectivity index (χ2n) is 2.31. The third-order valence-corrected chi connectivity index (χ3v) is 1.31. The van der Waals surface area contributed by atoms with Crippen molar-refractivity contribution in [3.63, 3.8) is 0 Å². The Kier molecular flexibility index (Phi) is 4.08. The van der Waals surface area contributed by atoms with E-state index in [2.05, 4.69) is 6.07 Å². The zero-order valence-electron chi connectivity index (χ0n) is 6.22. The maximum atomic E-state index is 8.37. The predicted octanol–water partition coefficient (Wildman–Crippen LogP) is 1.57. The first-order valence-corrected chi connectivity index (χ1v) is 3.13. The molecular weight excluding hydrogens is 114 g/mol. The van der Waals surface area contributed by atoms with Gasteiger partial charge in [-0.05, 0) is 20.3 Å². The number of nitrogens with zero attached hydrogens (tertiary/aromatic N) is 1. The minimum absolute atomic E-state index is 0.111. The van der Waals surface area contributed by atoms with Gasteiger partial charge in [0.05, 0.1) is 12.2 Å². The van der Waals surface area contributed by atoms with Gasteiger partial charge in [0.2, 0.25) is 0 Å². The lowest BCUT2D eigenvalue weighted by atomic mass is 10.1. The highest BCUT2D eigenvalue weighted by atomic mass is 16.5. The van der Waals surface area contributed by atoms with Gasteiger partial charge in [0.1, 0.15) is 0 Å². The largest absolute Gasteiger partial charge is 0.382 e. The van der Waals surface area contributed by atoms with Gasteiger partial charge in [-0.25, -0.2) is 0 Å². The Morgan fingerprint density at radius 2 is 2.11 bits per heavy atom. The normalized spacial score (nSPS) is 16.2. The topological polar surface area (TPSA) is 33.0 Å². The lowest BCUT2D eigenvalue weighted by molar-refractivity contribution is 0.103. The van der Waals surface area contributed by atoms with Crippen LogP contribution < -0.4 is 0 Å². The maximum Gasteiger partial charge on any atom is 0.0653 e. The van der Waals surface area contributed by atoms with E-state index in [9.17, 15) is 0 Å². The molecule has 0 amide bonds. The van der Waals surface area contributed by atoms with Crippen molar-refractivity contribution in [2.45, 2.75) is 26.4 Å². The number of methoxy groups -OCH3 is 1.